The number of sulfone groups is 1. The van der Waals surface area contributed by atoms with E-state index in [1.54, 1.807) is 6.92 Å². The molecule has 0 radical (unpaired) electrons. The molecule has 1 rings (SSSR count). The van der Waals surface area contributed by atoms with Crippen molar-refractivity contribution in [1.82, 2.24) is 5.32 Å². The maximum atomic E-state index is 11.6. The van der Waals surface area contributed by atoms with Crippen molar-refractivity contribution >= 4 is 15.7 Å². The standard InChI is InChI=1S/C9H18N2O3S/c1-7(6-15(2,13)14)11-8(12)9(10)4-3-5-9/h7H,3-6,10H2,1-2H3,(H,11,12). The van der Waals surface area contributed by atoms with Crippen molar-refractivity contribution in [2.45, 2.75) is 37.8 Å². The molecule has 0 aromatic rings. The second-order valence-corrected chi connectivity index (χ2v) is 6.66. The molecule has 0 heterocycles. The van der Waals surface area contributed by atoms with Gasteiger partial charge in [0.1, 0.15) is 9.84 Å². The average Bonchev–Trinajstić information content (AvgIpc) is 1.95. The van der Waals surface area contributed by atoms with Gasteiger partial charge in [-0.3, -0.25) is 4.79 Å². The number of nitrogens with one attached hydrogen (secondary N) is 1. The molecule has 1 saturated carbocycles. The van der Waals surface area contributed by atoms with E-state index in [-0.39, 0.29) is 17.7 Å². The lowest BCUT2D eigenvalue weighted by atomic mass is 9.77. The van der Waals surface area contributed by atoms with E-state index in [1.807, 2.05) is 0 Å². The minimum absolute atomic E-state index is 0.0468. The van der Waals surface area contributed by atoms with Gasteiger partial charge in [0.25, 0.3) is 0 Å². The van der Waals surface area contributed by atoms with Gasteiger partial charge in [-0.15, -0.1) is 0 Å². The molecule has 15 heavy (non-hydrogen) atoms. The lowest BCUT2D eigenvalue weighted by Gasteiger charge is -2.37. The molecule has 1 atom stereocenters. The van der Waals surface area contributed by atoms with Crippen LogP contribution in [0.15, 0.2) is 0 Å². The van der Waals surface area contributed by atoms with Crippen molar-refractivity contribution in [3.63, 3.8) is 0 Å². The van der Waals surface area contributed by atoms with E-state index in [0.717, 1.165) is 12.7 Å². The molecule has 0 aromatic heterocycles. The van der Waals surface area contributed by atoms with Crippen LogP contribution in [0.5, 0.6) is 0 Å². The first-order valence-corrected chi connectivity index (χ1v) is 7.06. The highest BCUT2D eigenvalue weighted by Gasteiger charge is 2.40. The number of hydrogen-bond acceptors (Lipinski definition) is 4. The van der Waals surface area contributed by atoms with Gasteiger partial charge in [-0.05, 0) is 26.2 Å². The average molecular weight is 234 g/mol. The summed E-state index contributed by atoms with van der Waals surface area (Å²) in [6.07, 6.45) is 3.48. The van der Waals surface area contributed by atoms with E-state index in [0.29, 0.717) is 12.8 Å². The second kappa shape index (κ2) is 4.09. The minimum Gasteiger partial charge on any atom is -0.351 e. The highest BCUT2D eigenvalue weighted by atomic mass is 32.2. The molecule has 1 fully saturated rings. The van der Waals surface area contributed by atoms with Gasteiger partial charge in [0.2, 0.25) is 5.91 Å². The summed E-state index contributed by atoms with van der Waals surface area (Å²) in [5, 5.41) is 2.64. The lowest BCUT2D eigenvalue weighted by molar-refractivity contribution is -0.129. The van der Waals surface area contributed by atoms with Crippen LogP contribution in [0.1, 0.15) is 26.2 Å². The van der Waals surface area contributed by atoms with Crippen molar-refractivity contribution < 1.29 is 13.2 Å². The van der Waals surface area contributed by atoms with E-state index in [4.69, 9.17) is 5.73 Å². The van der Waals surface area contributed by atoms with Crippen LogP contribution in [0, 0.1) is 0 Å². The van der Waals surface area contributed by atoms with Crippen LogP contribution in [0.25, 0.3) is 0 Å². The molecule has 88 valence electrons. The molecular weight excluding hydrogens is 216 g/mol. The first-order chi connectivity index (χ1) is 6.73. The fourth-order valence-corrected chi connectivity index (χ4v) is 2.64. The van der Waals surface area contributed by atoms with Crippen molar-refractivity contribution in [1.29, 1.82) is 0 Å². The summed E-state index contributed by atoms with van der Waals surface area (Å²) in [4.78, 5) is 11.6. The number of hydrogen-bond donors (Lipinski definition) is 2. The number of rotatable bonds is 4. The summed E-state index contributed by atoms with van der Waals surface area (Å²) >= 11 is 0. The van der Waals surface area contributed by atoms with E-state index in [2.05, 4.69) is 5.32 Å². The van der Waals surface area contributed by atoms with Gasteiger partial charge in [-0.1, -0.05) is 0 Å². The van der Waals surface area contributed by atoms with Gasteiger partial charge < -0.3 is 11.1 Å². The first-order valence-electron chi connectivity index (χ1n) is 5.00. The number of nitrogens with two attached hydrogens (primary N) is 1. The highest BCUT2D eigenvalue weighted by Crippen LogP contribution is 2.29. The summed E-state index contributed by atoms with van der Waals surface area (Å²) in [5.41, 5.74) is 5.04. The third kappa shape index (κ3) is 3.46. The Labute approximate surface area is 90.3 Å². The molecule has 0 aliphatic heterocycles. The van der Waals surface area contributed by atoms with Crippen molar-refractivity contribution in [3.05, 3.63) is 0 Å². The van der Waals surface area contributed by atoms with Crippen molar-refractivity contribution in [3.8, 4) is 0 Å². The minimum atomic E-state index is -3.06. The Kier molecular flexibility index (Phi) is 3.40. The number of amides is 1. The fourth-order valence-electron chi connectivity index (χ4n) is 1.65. The third-order valence-corrected chi connectivity index (χ3v) is 3.73. The third-order valence-electron chi connectivity index (χ3n) is 2.63. The van der Waals surface area contributed by atoms with Crippen LogP contribution in [-0.2, 0) is 14.6 Å². The van der Waals surface area contributed by atoms with Gasteiger partial charge in [-0.25, -0.2) is 8.42 Å². The molecule has 0 aromatic carbocycles. The molecule has 1 aliphatic rings. The van der Waals surface area contributed by atoms with E-state index in [9.17, 15) is 13.2 Å². The lowest BCUT2D eigenvalue weighted by Crippen LogP contribution is -2.60. The van der Waals surface area contributed by atoms with Gasteiger partial charge in [0.05, 0.1) is 11.3 Å². The largest absolute Gasteiger partial charge is 0.351 e. The Morgan fingerprint density at radius 3 is 2.40 bits per heavy atom. The van der Waals surface area contributed by atoms with Crippen LogP contribution in [0.3, 0.4) is 0 Å². The predicted octanol–water partition coefficient (Wildman–Crippen LogP) is -0.583. The Morgan fingerprint density at radius 1 is 1.53 bits per heavy atom. The van der Waals surface area contributed by atoms with Crippen LogP contribution < -0.4 is 11.1 Å². The van der Waals surface area contributed by atoms with Crippen LogP contribution in [0.4, 0.5) is 0 Å². The summed E-state index contributed by atoms with van der Waals surface area (Å²) < 4.78 is 21.9. The molecule has 1 aliphatic carbocycles. The Balaban J connectivity index is 2.45. The van der Waals surface area contributed by atoms with Crippen molar-refractivity contribution in [2.75, 3.05) is 12.0 Å². The molecule has 0 spiro atoms. The van der Waals surface area contributed by atoms with E-state index >= 15 is 0 Å². The molecule has 1 amide bonds. The maximum absolute atomic E-state index is 11.6. The molecule has 3 N–H and O–H groups in total. The molecular formula is C9H18N2O3S. The summed E-state index contributed by atoms with van der Waals surface area (Å²) in [7, 11) is -3.06. The van der Waals surface area contributed by atoms with Gasteiger partial charge in [-0.2, -0.15) is 0 Å². The zero-order chi connectivity index (χ0) is 11.7. The Hall–Kier alpha value is -0.620. The van der Waals surface area contributed by atoms with Gasteiger partial charge in [0.15, 0.2) is 0 Å². The maximum Gasteiger partial charge on any atom is 0.240 e. The summed E-state index contributed by atoms with van der Waals surface area (Å²) in [6, 6.07) is -0.381. The molecule has 5 nitrogen and oxygen atoms in total. The summed E-state index contributed by atoms with van der Waals surface area (Å²) in [6.45, 7) is 1.67. The quantitative estimate of drug-likeness (QED) is 0.681. The molecule has 0 saturated heterocycles. The number of carbonyl (C=O) groups excluding carboxylic acids is 1. The number of carbonyl (C=O) groups is 1. The van der Waals surface area contributed by atoms with Crippen LogP contribution >= 0.6 is 0 Å². The Bertz CT molecular complexity index is 346. The van der Waals surface area contributed by atoms with Crippen molar-refractivity contribution in [2.24, 2.45) is 5.73 Å². The van der Waals surface area contributed by atoms with Crippen LogP contribution in [0.2, 0.25) is 0 Å². The fraction of sp³-hybridized carbons (Fsp3) is 0.889. The zero-order valence-electron chi connectivity index (χ0n) is 9.12. The molecule has 6 heteroatoms. The van der Waals surface area contributed by atoms with E-state index in [1.165, 1.54) is 0 Å². The van der Waals surface area contributed by atoms with Gasteiger partial charge in [0, 0.05) is 12.3 Å². The SMILES string of the molecule is CC(CS(C)(=O)=O)NC(=O)C1(N)CCC1. The first kappa shape index (κ1) is 12.4. The Morgan fingerprint density at radius 2 is 2.07 bits per heavy atom. The highest BCUT2D eigenvalue weighted by molar-refractivity contribution is 7.90. The predicted molar refractivity (Wildman–Crippen MR) is 58.1 cm³/mol. The molecule has 1 unspecified atom stereocenters. The summed E-state index contributed by atoms with van der Waals surface area (Å²) in [5.74, 6) is -0.278. The molecule has 0 bridgehead atoms. The van der Waals surface area contributed by atoms with Gasteiger partial charge >= 0.3 is 0 Å². The normalized spacial score (nSPS) is 21.5. The topological polar surface area (TPSA) is 89.3 Å². The van der Waals surface area contributed by atoms with Crippen LogP contribution in [-0.4, -0.2) is 37.9 Å². The smallest absolute Gasteiger partial charge is 0.240 e. The monoisotopic (exact) mass is 234 g/mol. The second-order valence-electron chi connectivity index (χ2n) is 4.48. The van der Waals surface area contributed by atoms with E-state index < -0.39 is 15.4 Å². The zero-order valence-corrected chi connectivity index (χ0v) is 9.93.